The largest absolute Gasteiger partial charge is 0.368 e. The molecule has 0 spiro atoms. The van der Waals surface area contributed by atoms with Crippen LogP contribution in [0.5, 0.6) is 0 Å². The number of hydrogen-bond acceptors (Lipinski definition) is 2. The molecule has 1 N–H and O–H groups in total. The van der Waals surface area contributed by atoms with Crippen LogP contribution in [0, 0.1) is 5.82 Å². The van der Waals surface area contributed by atoms with Crippen molar-refractivity contribution in [1.82, 2.24) is 5.32 Å². The molecule has 1 fully saturated rings. The van der Waals surface area contributed by atoms with Crippen LogP contribution in [-0.4, -0.2) is 25.2 Å². The molecule has 0 radical (unpaired) electrons. The summed E-state index contributed by atoms with van der Waals surface area (Å²) in [5.41, 5.74) is 0.700. The Balaban J connectivity index is 1.66. The molecule has 0 saturated carbocycles. The van der Waals surface area contributed by atoms with Crippen molar-refractivity contribution >= 4 is 5.91 Å². The molecule has 0 bridgehead atoms. The van der Waals surface area contributed by atoms with E-state index in [1.54, 1.807) is 12.1 Å². The van der Waals surface area contributed by atoms with E-state index in [1.165, 1.54) is 6.07 Å². The first-order valence-electron chi connectivity index (χ1n) is 6.90. The number of rotatable bonds is 5. The first-order chi connectivity index (χ1) is 9.27. The second-order valence-electron chi connectivity index (χ2n) is 4.84. The Hall–Kier alpha value is -1.42. The van der Waals surface area contributed by atoms with Crippen LogP contribution in [0.2, 0.25) is 0 Å². The lowest BCUT2D eigenvalue weighted by molar-refractivity contribution is -0.135. The van der Waals surface area contributed by atoms with E-state index in [0.717, 1.165) is 25.7 Å². The van der Waals surface area contributed by atoms with Gasteiger partial charge in [-0.1, -0.05) is 18.2 Å². The molecule has 2 rings (SSSR count). The zero-order valence-corrected chi connectivity index (χ0v) is 11.0. The summed E-state index contributed by atoms with van der Waals surface area (Å²) >= 11 is 0. The van der Waals surface area contributed by atoms with E-state index in [2.05, 4.69) is 5.32 Å². The summed E-state index contributed by atoms with van der Waals surface area (Å²) in [7, 11) is 0. The Morgan fingerprint density at radius 1 is 1.37 bits per heavy atom. The first kappa shape index (κ1) is 14.0. The third kappa shape index (κ3) is 4.31. The van der Waals surface area contributed by atoms with Gasteiger partial charge >= 0.3 is 0 Å². The van der Waals surface area contributed by atoms with Crippen LogP contribution in [0.1, 0.15) is 31.2 Å². The summed E-state index contributed by atoms with van der Waals surface area (Å²) in [6, 6.07) is 6.75. The molecule has 1 atom stereocenters. The zero-order valence-electron chi connectivity index (χ0n) is 11.0. The molecule has 1 aliphatic rings. The Kier molecular flexibility index (Phi) is 5.33. The average Bonchev–Trinajstić information content (AvgIpc) is 2.46. The minimum absolute atomic E-state index is 0.0340. The molecule has 1 aliphatic heterocycles. The summed E-state index contributed by atoms with van der Waals surface area (Å²) in [4.78, 5) is 11.8. The summed E-state index contributed by atoms with van der Waals surface area (Å²) in [6.07, 6.45) is 3.98. The number of aryl methyl sites for hydroxylation is 1. The smallest absolute Gasteiger partial charge is 0.249 e. The standard InChI is InChI=1S/C15H20FNO2/c16-13-8-2-1-6-12(13)7-5-10-17-15(18)14-9-3-4-11-19-14/h1-2,6,8,14H,3-5,7,9-11H2,(H,17,18). The van der Waals surface area contributed by atoms with Gasteiger partial charge in [-0.2, -0.15) is 0 Å². The van der Waals surface area contributed by atoms with Gasteiger partial charge in [-0.15, -0.1) is 0 Å². The van der Waals surface area contributed by atoms with E-state index < -0.39 is 0 Å². The van der Waals surface area contributed by atoms with Crippen molar-refractivity contribution in [2.24, 2.45) is 0 Å². The second kappa shape index (κ2) is 7.24. The van der Waals surface area contributed by atoms with Crippen molar-refractivity contribution in [2.75, 3.05) is 13.2 Å². The summed E-state index contributed by atoms with van der Waals surface area (Å²) < 4.78 is 18.8. The number of nitrogens with one attached hydrogen (secondary N) is 1. The van der Waals surface area contributed by atoms with E-state index in [-0.39, 0.29) is 17.8 Å². The number of carbonyl (C=O) groups is 1. The van der Waals surface area contributed by atoms with Gasteiger partial charge < -0.3 is 10.1 Å². The van der Waals surface area contributed by atoms with E-state index in [4.69, 9.17) is 4.74 Å². The van der Waals surface area contributed by atoms with Crippen molar-refractivity contribution in [3.8, 4) is 0 Å². The van der Waals surface area contributed by atoms with Crippen LogP contribution in [-0.2, 0) is 16.0 Å². The van der Waals surface area contributed by atoms with Gasteiger partial charge in [-0.3, -0.25) is 4.79 Å². The predicted molar refractivity (Wildman–Crippen MR) is 71.3 cm³/mol. The highest BCUT2D eigenvalue weighted by atomic mass is 19.1. The molecule has 19 heavy (non-hydrogen) atoms. The minimum atomic E-state index is -0.290. The van der Waals surface area contributed by atoms with Crippen LogP contribution in [0.4, 0.5) is 4.39 Å². The van der Waals surface area contributed by atoms with Crippen molar-refractivity contribution in [2.45, 2.75) is 38.2 Å². The third-order valence-electron chi connectivity index (χ3n) is 3.35. The number of hydrogen-bond donors (Lipinski definition) is 1. The number of amides is 1. The van der Waals surface area contributed by atoms with Crippen molar-refractivity contribution in [3.05, 3.63) is 35.6 Å². The molecule has 4 heteroatoms. The van der Waals surface area contributed by atoms with Gasteiger partial charge in [-0.25, -0.2) is 4.39 Å². The van der Waals surface area contributed by atoms with Crippen LogP contribution in [0.3, 0.4) is 0 Å². The van der Waals surface area contributed by atoms with Gasteiger partial charge in [0.2, 0.25) is 5.91 Å². The Bertz CT molecular complexity index is 416. The Morgan fingerprint density at radius 3 is 2.95 bits per heavy atom. The monoisotopic (exact) mass is 265 g/mol. The molecular formula is C15H20FNO2. The summed E-state index contributed by atoms with van der Waals surface area (Å²) in [5, 5.41) is 2.86. The topological polar surface area (TPSA) is 38.3 Å². The van der Waals surface area contributed by atoms with E-state index >= 15 is 0 Å². The first-order valence-corrected chi connectivity index (χ1v) is 6.90. The molecule has 0 aliphatic carbocycles. The average molecular weight is 265 g/mol. The number of ether oxygens (including phenoxy) is 1. The fourth-order valence-corrected chi connectivity index (χ4v) is 2.25. The molecule has 3 nitrogen and oxygen atoms in total. The fraction of sp³-hybridized carbons (Fsp3) is 0.533. The Morgan fingerprint density at radius 2 is 2.21 bits per heavy atom. The van der Waals surface area contributed by atoms with E-state index in [9.17, 15) is 9.18 Å². The van der Waals surface area contributed by atoms with Gasteiger partial charge in [0.05, 0.1) is 0 Å². The molecule has 1 aromatic carbocycles. The van der Waals surface area contributed by atoms with E-state index in [1.807, 2.05) is 6.07 Å². The van der Waals surface area contributed by atoms with Crippen molar-refractivity contribution in [3.63, 3.8) is 0 Å². The summed E-state index contributed by atoms with van der Waals surface area (Å²) in [5.74, 6) is -0.210. The van der Waals surface area contributed by atoms with Crippen molar-refractivity contribution < 1.29 is 13.9 Å². The highest BCUT2D eigenvalue weighted by Gasteiger charge is 2.21. The highest BCUT2D eigenvalue weighted by Crippen LogP contribution is 2.12. The van der Waals surface area contributed by atoms with Crippen LogP contribution >= 0.6 is 0 Å². The normalized spacial score (nSPS) is 19.1. The number of carbonyl (C=O) groups excluding carboxylic acids is 1. The molecule has 0 aromatic heterocycles. The molecular weight excluding hydrogens is 245 g/mol. The SMILES string of the molecule is O=C(NCCCc1ccccc1F)C1CCCCO1. The maximum atomic E-state index is 13.4. The maximum absolute atomic E-state index is 13.4. The Labute approximate surface area is 113 Å². The highest BCUT2D eigenvalue weighted by molar-refractivity contribution is 5.80. The zero-order chi connectivity index (χ0) is 13.5. The van der Waals surface area contributed by atoms with Gasteiger partial charge in [0, 0.05) is 13.2 Å². The van der Waals surface area contributed by atoms with Gasteiger partial charge in [0.15, 0.2) is 0 Å². The molecule has 1 saturated heterocycles. The maximum Gasteiger partial charge on any atom is 0.249 e. The second-order valence-corrected chi connectivity index (χ2v) is 4.84. The van der Waals surface area contributed by atoms with Crippen LogP contribution in [0.25, 0.3) is 0 Å². The summed E-state index contributed by atoms with van der Waals surface area (Å²) in [6.45, 7) is 1.24. The molecule has 1 aromatic rings. The van der Waals surface area contributed by atoms with Crippen LogP contribution in [0.15, 0.2) is 24.3 Å². The lowest BCUT2D eigenvalue weighted by Gasteiger charge is -2.21. The molecule has 104 valence electrons. The number of benzene rings is 1. The quantitative estimate of drug-likeness (QED) is 0.830. The van der Waals surface area contributed by atoms with Crippen molar-refractivity contribution in [1.29, 1.82) is 0 Å². The van der Waals surface area contributed by atoms with Gasteiger partial charge in [0.25, 0.3) is 0 Å². The molecule has 1 unspecified atom stereocenters. The lowest BCUT2D eigenvalue weighted by Crippen LogP contribution is -2.38. The fourth-order valence-electron chi connectivity index (χ4n) is 2.25. The van der Waals surface area contributed by atoms with E-state index in [0.29, 0.717) is 25.1 Å². The van der Waals surface area contributed by atoms with Gasteiger partial charge in [0.1, 0.15) is 11.9 Å². The van der Waals surface area contributed by atoms with Crippen LogP contribution < -0.4 is 5.32 Å². The minimum Gasteiger partial charge on any atom is -0.368 e. The lowest BCUT2D eigenvalue weighted by atomic mass is 10.1. The number of halogens is 1. The predicted octanol–water partition coefficient (Wildman–Crippen LogP) is 2.44. The third-order valence-corrected chi connectivity index (χ3v) is 3.35. The van der Waals surface area contributed by atoms with Gasteiger partial charge in [-0.05, 0) is 43.7 Å². The molecule has 1 heterocycles. The molecule has 1 amide bonds.